The molecule has 1 heterocycles. The molecule has 1 N–H and O–H groups in total. The van der Waals surface area contributed by atoms with Crippen molar-refractivity contribution in [2.45, 2.75) is 25.4 Å². The van der Waals surface area contributed by atoms with Gasteiger partial charge in [-0.05, 0) is 46.5 Å². The Balaban J connectivity index is 1.42. The highest BCUT2D eigenvalue weighted by Gasteiger charge is 2.25. The fourth-order valence-electron chi connectivity index (χ4n) is 2.71. The number of benzene rings is 1. The molecule has 0 unspecified atom stereocenters. The summed E-state index contributed by atoms with van der Waals surface area (Å²) in [5.41, 5.74) is 1.10. The first-order chi connectivity index (χ1) is 10.6. The molecule has 120 valence electrons. The maximum Gasteiger partial charge on any atom is 0.234 e. The molecule has 1 aromatic carbocycles. The van der Waals surface area contributed by atoms with Crippen LogP contribution in [0.1, 0.15) is 18.4 Å². The second-order valence-electron chi connectivity index (χ2n) is 6.14. The molecule has 1 aliphatic heterocycles. The van der Waals surface area contributed by atoms with Crippen LogP contribution in [0.3, 0.4) is 0 Å². The summed E-state index contributed by atoms with van der Waals surface area (Å²) in [6.45, 7) is 5.01. The molecule has 0 atom stereocenters. The van der Waals surface area contributed by atoms with Crippen molar-refractivity contribution < 1.29 is 9.18 Å². The molecule has 6 heteroatoms. The van der Waals surface area contributed by atoms with Crippen LogP contribution in [0.15, 0.2) is 22.7 Å². The fraction of sp³-hybridized carbons (Fsp3) is 0.562. The Morgan fingerprint density at radius 3 is 2.55 bits per heavy atom. The normalized spacial score (nSPS) is 20.1. The third-order valence-corrected chi connectivity index (χ3v) is 4.77. The first kappa shape index (κ1) is 15.9. The fourth-order valence-corrected chi connectivity index (χ4v) is 3.13. The molecular weight excluding hydrogens is 349 g/mol. The summed E-state index contributed by atoms with van der Waals surface area (Å²) in [5.74, 6) is -0.0753. The van der Waals surface area contributed by atoms with Gasteiger partial charge in [0, 0.05) is 38.8 Å². The van der Waals surface area contributed by atoms with E-state index < -0.39 is 0 Å². The summed E-state index contributed by atoms with van der Waals surface area (Å²) in [7, 11) is 0. The number of hydrogen-bond donors (Lipinski definition) is 1. The molecule has 1 saturated heterocycles. The van der Waals surface area contributed by atoms with E-state index in [9.17, 15) is 9.18 Å². The molecule has 2 fully saturated rings. The van der Waals surface area contributed by atoms with E-state index in [0.717, 1.165) is 51.1 Å². The molecule has 1 aliphatic carbocycles. The van der Waals surface area contributed by atoms with Gasteiger partial charge in [-0.1, -0.05) is 6.07 Å². The predicted molar refractivity (Wildman–Crippen MR) is 87.0 cm³/mol. The topological polar surface area (TPSA) is 35.6 Å². The van der Waals surface area contributed by atoms with Crippen LogP contribution in [-0.4, -0.2) is 54.5 Å². The van der Waals surface area contributed by atoms with E-state index in [0.29, 0.717) is 17.1 Å². The maximum atomic E-state index is 13.2. The van der Waals surface area contributed by atoms with E-state index in [2.05, 4.69) is 31.0 Å². The molecule has 1 amide bonds. The van der Waals surface area contributed by atoms with Crippen LogP contribution < -0.4 is 5.32 Å². The predicted octanol–water partition coefficient (Wildman–Crippen LogP) is 1.98. The third-order valence-electron chi connectivity index (χ3n) is 4.16. The number of nitrogens with one attached hydrogen (secondary N) is 1. The molecule has 0 spiro atoms. The highest BCUT2D eigenvalue weighted by Crippen LogP contribution is 2.19. The second kappa shape index (κ2) is 7.06. The zero-order valence-corrected chi connectivity index (χ0v) is 14.1. The van der Waals surface area contributed by atoms with E-state index in [1.54, 1.807) is 0 Å². The lowest BCUT2D eigenvalue weighted by molar-refractivity contribution is -0.122. The van der Waals surface area contributed by atoms with E-state index in [-0.39, 0.29) is 11.7 Å². The van der Waals surface area contributed by atoms with Crippen molar-refractivity contribution in [3.63, 3.8) is 0 Å². The van der Waals surface area contributed by atoms with Crippen molar-refractivity contribution >= 4 is 21.8 Å². The zero-order valence-electron chi connectivity index (χ0n) is 12.5. The Labute approximate surface area is 138 Å². The SMILES string of the molecule is O=C(CN1CCN(Cc2ccc(F)c(Br)c2)CC1)NC1CC1. The van der Waals surface area contributed by atoms with Crippen molar-refractivity contribution in [2.75, 3.05) is 32.7 Å². The average Bonchev–Trinajstić information content (AvgIpc) is 3.29. The minimum absolute atomic E-state index is 0.151. The van der Waals surface area contributed by atoms with Crippen molar-refractivity contribution in [3.05, 3.63) is 34.1 Å². The quantitative estimate of drug-likeness (QED) is 0.861. The minimum atomic E-state index is -0.227. The third kappa shape index (κ3) is 4.51. The van der Waals surface area contributed by atoms with Crippen molar-refractivity contribution in [1.82, 2.24) is 15.1 Å². The van der Waals surface area contributed by atoms with Crippen molar-refractivity contribution in [3.8, 4) is 0 Å². The molecule has 4 nitrogen and oxygen atoms in total. The lowest BCUT2D eigenvalue weighted by atomic mass is 10.2. The summed E-state index contributed by atoms with van der Waals surface area (Å²) in [5, 5.41) is 3.03. The van der Waals surface area contributed by atoms with Crippen LogP contribution in [0.5, 0.6) is 0 Å². The van der Waals surface area contributed by atoms with E-state index in [1.807, 2.05) is 12.1 Å². The highest BCUT2D eigenvalue weighted by atomic mass is 79.9. The van der Waals surface area contributed by atoms with Gasteiger partial charge in [0.25, 0.3) is 0 Å². The van der Waals surface area contributed by atoms with Gasteiger partial charge in [0.05, 0.1) is 11.0 Å². The molecule has 2 aliphatic rings. The van der Waals surface area contributed by atoms with Crippen LogP contribution in [0.2, 0.25) is 0 Å². The number of carbonyl (C=O) groups is 1. The Morgan fingerprint density at radius 1 is 1.23 bits per heavy atom. The molecule has 3 rings (SSSR count). The molecule has 0 bridgehead atoms. The van der Waals surface area contributed by atoms with Gasteiger partial charge in [-0.3, -0.25) is 14.6 Å². The van der Waals surface area contributed by atoms with Crippen LogP contribution in [0, 0.1) is 5.82 Å². The lowest BCUT2D eigenvalue weighted by Crippen LogP contribution is -2.49. The van der Waals surface area contributed by atoms with E-state index in [1.165, 1.54) is 6.07 Å². The number of nitrogens with zero attached hydrogens (tertiary/aromatic N) is 2. The summed E-state index contributed by atoms with van der Waals surface area (Å²) in [6, 6.07) is 5.60. The summed E-state index contributed by atoms with van der Waals surface area (Å²) < 4.78 is 13.8. The number of halogens is 2. The Hall–Kier alpha value is -0.980. The van der Waals surface area contributed by atoms with Gasteiger partial charge < -0.3 is 5.32 Å². The van der Waals surface area contributed by atoms with Crippen LogP contribution >= 0.6 is 15.9 Å². The minimum Gasteiger partial charge on any atom is -0.352 e. The van der Waals surface area contributed by atoms with E-state index >= 15 is 0 Å². The average molecular weight is 370 g/mol. The van der Waals surface area contributed by atoms with Gasteiger partial charge in [0.15, 0.2) is 0 Å². The van der Waals surface area contributed by atoms with Gasteiger partial charge in [-0.25, -0.2) is 4.39 Å². The standard InChI is InChI=1S/C16H21BrFN3O/c17-14-9-12(1-4-15(14)18)10-20-5-7-21(8-6-20)11-16(22)19-13-2-3-13/h1,4,9,13H,2-3,5-8,10-11H2,(H,19,22). The molecular formula is C16H21BrFN3O. The Morgan fingerprint density at radius 2 is 1.91 bits per heavy atom. The van der Waals surface area contributed by atoms with Crippen molar-refractivity contribution in [2.24, 2.45) is 0 Å². The number of hydrogen-bond acceptors (Lipinski definition) is 3. The Kier molecular flexibility index (Phi) is 5.10. The number of rotatable bonds is 5. The van der Waals surface area contributed by atoms with Gasteiger partial charge in [0.2, 0.25) is 5.91 Å². The smallest absolute Gasteiger partial charge is 0.234 e. The summed E-state index contributed by atoms with van der Waals surface area (Å²) >= 11 is 3.23. The molecule has 1 aromatic rings. The van der Waals surface area contributed by atoms with Gasteiger partial charge >= 0.3 is 0 Å². The molecule has 1 saturated carbocycles. The summed E-state index contributed by atoms with van der Waals surface area (Å²) in [6.07, 6.45) is 2.26. The number of piperazine rings is 1. The first-order valence-corrected chi connectivity index (χ1v) is 8.57. The molecule has 0 aromatic heterocycles. The Bertz CT molecular complexity index is 542. The van der Waals surface area contributed by atoms with Crippen LogP contribution in [-0.2, 0) is 11.3 Å². The number of carbonyl (C=O) groups excluding carboxylic acids is 1. The van der Waals surface area contributed by atoms with Crippen molar-refractivity contribution in [1.29, 1.82) is 0 Å². The molecule has 0 radical (unpaired) electrons. The van der Waals surface area contributed by atoms with Gasteiger partial charge in [-0.15, -0.1) is 0 Å². The maximum absolute atomic E-state index is 13.2. The van der Waals surface area contributed by atoms with Gasteiger partial charge in [0.1, 0.15) is 5.82 Å². The molecule has 22 heavy (non-hydrogen) atoms. The summed E-state index contributed by atoms with van der Waals surface area (Å²) in [4.78, 5) is 16.3. The van der Waals surface area contributed by atoms with Crippen LogP contribution in [0.25, 0.3) is 0 Å². The van der Waals surface area contributed by atoms with Crippen LogP contribution in [0.4, 0.5) is 4.39 Å². The lowest BCUT2D eigenvalue weighted by Gasteiger charge is -2.34. The number of amides is 1. The largest absolute Gasteiger partial charge is 0.352 e. The second-order valence-corrected chi connectivity index (χ2v) is 7.00. The highest BCUT2D eigenvalue weighted by molar-refractivity contribution is 9.10. The zero-order chi connectivity index (χ0) is 15.5. The first-order valence-electron chi connectivity index (χ1n) is 7.78. The van der Waals surface area contributed by atoms with Gasteiger partial charge in [-0.2, -0.15) is 0 Å². The van der Waals surface area contributed by atoms with E-state index in [4.69, 9.17) is 0 Å². The monoisotopic (exact) mass is 369 g/mol.